The first-order chi connectivity index (χ1) is 7.32. The van der Waals surface area contributed by atoms with Crippen LogP contribution in [0.25, 0.3) is 0 Å². The van der Waals surface area contributed by atoms with Crippen LogP contribution in [0.1, 0.15) is 18.1 Å². The molecule has 0 saturated carbocycles. The van der Waals surface area contributed by atoms with Crippen molar-refractivity contribution in [3.05, 3.63) is 29.3 Å². The van der Waals surface area contributed by atoms with Crippen LogP contribution in [0, 0.1) is 11.3 Å². The lowest BCUT2D eigenvalue weighted by molar-refractivity contribution is -0.137. The minimum atomic E-state index is -4.54. The highest BCUT2D eigenvalue weighted by Crippen LogP contribution is 2.31. The Morgan fingerprint density at radius 1 is 1.38 bits per heavy atom. The number of carbonyl (C=O) groups is 1. The van der Waals surface area contributed by atoms with E-state index in [1.807, 2.05) is 0 Å². The summed E-state index contributed by atoms with van der Waals surface area (Å²) in [5.41, 5.74) is -1.16. The number of nitrogens with one attached hydrogen (secondary N) is 1. The highest BCUT2D eigenvalue weighted by Gasteiger charge is 2.31. The van der Waals surface area contributed by atoms with Gasteiger partial charge in [0.05, 0.1) is 17.2 Å². The van der Waals surface area contributed by atoms with Gasteiger partial charge in [-0.25, -0.2) is 0 Å². The van der Waals surface area contributed by atoms with Crippen LogP contribution in [0.2, 0.25) is 0 Å². The van der Waals surface area contributed by atoms with E-state index in [2.05, 4.69) is 5.32 Å². The number of alkyl halides is 3. The molecule has 0 heterocycles. The molecule has 1 rings (SSSR count). The largest absolute Gasteiger partial charge is 0.416 e. The molecule has 0 fully saturated rings. The molecule has 0 spiro atoms. The Morgan fingerprint density at radius 3 is 2.44 bits per heavy atom. The van der Waals surface area contributed by atoms with Crippen molar-refractivity contribution in [1.82, 2.24) is 0 Å². The third kappa shape index (κ3) is 2.98. The van der Waals surface area contributed by atoms with Gasteiger partial charge in [-0.15, -0.1) is 0 Å². The Balaban J connectivity index is 3.22. The van der Waals surface area contributed by atoms with E-state index in [1.54, 1.807) is 6.07 Å². The van der Waals surface area contributed by atoms with Crippen molar-refractivity contribution < 1.29 is 18.0 Å². The number of benzene rings is 1. The summed E-state index contributed by atoms with van der Waals surface area (Å²) < 4.78 is 37.2. The fourth-order valence-corrected chi connectivity index (χ4v) is 1.13. The van der Waals surface area contributed by atoms with Gasteiger partial charge in [-0.3, -0.25) is 4.79 Å². The standard InChI is InChI=1S/C10H7F3N2O/c1-6(16)15-9-3-7(5-14)2-8(4-9)10(11,12)13/h2-4H,1H3,(H,15,16). The minimum Gasteiger partial charge on any atom is -0.326 e. The maximum Gasteiger partial charge on any atom is 0.416 e. The summed E-state index contributed by atoms with van der Waals surface area (Å²) in [6.45, 7) is 1.17. The van der Waals surface area contributed by atoms with Crippen LogP contribution in [0.4, 0.5) is 18.9 Å². The molecule has 0 aromatic heterocycles. The zero-order valence-electron chi connectivity index (χ0n) is 8.22. The van der Waals surface area contributed by atoms with Crippen LogP contribution in [-0.4, -0.2) is 5.91 Å². The Kier molecular flexibility index (Phi) is 3.18. The van der Waals surface area contributed by atoms with Crippen molar-refractivity contribution in [3.63, 3.8) is 0 Å². The van der Waals surface area contributed by atoms with Crippen molar-refractivity contribution in [1.29, 1.82) is 5.26 Å². The van der Waals surface area contributed by atoms with E-state index in [0.29, 0.717) is 0 Å². The molecule has 1 aromatic rings. The summed E-state index contributed by atoms with van der Waals surface area (Å²) in [7, 11) is 0. The average molecular weight is 228 g/mol. The molecule has 6 heteroatoms. The molecule has 1 N–H and O–H groups in total. The van der Waals surface area contributed by atoms with Gasteiger partial charge in [0.1, 0.15) is 0 Å². The predicted molar refractivity (Wildman–Crippen MR) is 50.5 cm³/mol. The van der Waals surface area contributed by atoms with Crippen molar-refractivity contribution in [2.75, 3.05) is 5.32 Å². The molecular formula is C10H7F3N2O. The maximum absolute atomic E-state index is 12.4. The van der Waals surface area contributed by atoms with Gasteiger partial charge in [0.15, 0.2) is 0 Å². The van der Waals surface area contributed by atoms with Gasteiger partial charge < -0.3 is 5.32 Å². The number of anilines is 1. The summed E-state index contributed by atoms with van der Waals surface area (Å²) in [6, 6.07) is 4.29. The molecule has 0 atom stereocenters. The van der Waals surface area contributed by atoms with Gasteiger partial charge in [-0.1, -0.05) is 0 Å². The smallest absolute Gasteiger partial charge is 0.326 e. The number of hydrogen-bond acceptors (Lipinski definition) is 2. The highest BCUT2D eigenvalue weighted by atomic mass is 19.4. The molecule has 0 aliphatic rings. The van der Waals surface area contributed by atoms with E-state index in [0.717, 1.165) is 12.1 Å². The maximum atomic E-state index is 12.4. The van der Waals surface area contributed by atoms with E-state index in [-0.39, 0.29) is 11.3 Å². The molecule has 0 aliphatic heterocycles. The summed E-state index contributed by atoms with van der Waals surface area (Å²) in [6.07, 6.45) is -4.54. The molecule has 0 bridgehead atoms. The number of nitrogens with zero attached hydrogens (tertiary/aromatic N) is 1. The molecule has 0 saturated heterocycles. The summed E-state index contributed by atoms with van der Waals surface area (Å²) in [5, 5.41) is 10.8. The van der Waals surface area contributed by atoms with Crippen LogP contribution >= 0.6 is 0 Å². The second-order valence-corrected chi connectivity index (χ2v) is 3.09. The lowest BCUT2D eigenvalue weighted by atomic mass is 10.1. The Morgan fingerprint density at radius 2 is 2.00 bits per heavy atom. The quantitative estimate of drug-likeness (QED) is 0.802. The number of amides is 1. The zero-order chi connectivity index (χ0) is 12.3. The molecule has 1 aromatic carbocycles. The molecule has 1 amide bonds. The number of carbonyl (C=O) groups excluding carboxylic acids is 1. The van der Waals surface area contributed by atoms with E-state index >= 15 is 0 Å². The van der Waals surface area contributed by atoms with Gasteiger partial charge >= 0.3 is 6.18 Å². The monoisotopic (exact) mass is 228 g/mol. The fourth-order valence-electron chi connectivity index (χ4n) is 1.13. The van der Waals surface area contributed by atoms with Crippen molar-refractivity contribution in [3.8, 4) is 6.07 Å². The first kappa shape index (κ1) is 12.0. The molecule has 0 unspecified atom stereocenters. The molecular weight excluding hydrogens is 221 g/mol. The van der Waals surface area contributed by atoms with Gasteiger partial charge in [0, 0.05) is 12.6 Å². The number of hydrogen-bond donors (Lipinski definition) is 1. The number of nitriles is 1. The van der Waals surface area contributed by atoms with Gasteiger partial charge in [-0.2, -0.15) is 18.4 Å². The minimum absolute atomic E-state index is 0.0427. The van der Waals surface area contributed by atoms with Crippen molar-refractivity contribution in [2.24, 2.45) is 0 Å². The van der Waals surface area contributed by atoms with Crippen molar-refractivity contribution in [2.45, 2.75) is 13.1 Å². The average Bonchev–Trinajstić information content (AvgIpc) is 2.14. The second kappa shape index (κ2) is 4.23. The molecule has 16 heavy (non-hydrogen) atoms. The van der Waals surface area contributed by atoms with Crippen molar-refractivity contribution >= 4 is 11.6 Å². The highest BCUT2D eigenvalue weighted by molar-refractivity contribution is 5.89. The third-order valence-electron chi connectivity index (χ3n) is 1.71. The molecule has 84 valence electrons. The normalized spacial score (nSPS) is 10.7. The van der Waals surface area contributed by atoms with Crippen LogP contribution in [-0.2, 0) is 11.0 Å². The first-order valence-corrected chi connectivity index (χ1v) is 4.23. The SMILES string of the molecule is CC(=O)Nc1cc(C#N)cc(C(F)(F)F)c1. The first-order valence-electron chi connectivity index (χ1n) is 4.23. The Bertz CT molecular complexity index is 460. The van der Waals surface area contributed by atoms with Crippen LogP contribution < -0.4 is 5.32 Å². The summed E-state index contributed by atoms with van der Waals surface area (Å²) in [4.78, 5) is 10.7. The Hall–Kier alpha value is -2.03. The second-order valence-electron chi connectivity index (χ2n) is 3.09. The lowest BCUT2D eigenvalue weighted by Crippen LogP contribution is -2.10. The Labute approximate surface area is 89.5 Å². The van der Waals surface area contributed by atoms with E-state index < -0.39 is 17.6 Å². The lowest BCUT2D eigenvalue weighted by Gasteiger charge is -2.09. The third-order valence-corrected chi connectivity index (χ3v) is 1.71. The van der Waals surface area contributed by atoms with E-state index in [9.17, 15) is 18.0 Å². The van der Waals surface area contributed by atoms with E-state index in [4.69, 9.17) is 5.26 Å². The zero-order valence-corrected chi connectivity index (χ0v) is 8.22. The van der Waals surface area contributed by atoms with Crippen LogP contribution in [0.3, 0.4) is 0 Å². The molecule has 0 radical (unpaired) electrons. The van der Waals surface area contributed by atoms with Crippen LogP contribution in [0.5, 0.6) is 0 Å². The summed E-state index contributed by atoms with van der Waals surface area (Å²) >= 11 is 0. The molecule has 3 nitrogen and oxygen atoms in total. The van der Waals surface area contributed by atoms with Crippen LogP contribution in [0.15, 0.2) is 18.2 Å². The fraction of sp³-hybridized carbons (Fsp3) is 0.200. The van der Waals surface area contributed by atoms with Gasteiger partial charge in [0.25, 0.3) is 0 Å². The number of halogens is 3. The van der Waals surface area contributed by atoms with Gasteiger partial charge in [0.2, 0.25) is 5.91 Å². The van der Waals surface area contributed by atoms with E-state index in [1.165, 1.54) is 13.0 Å². The molecule has 0 aliphatic carbocycles. The topological polar surface area (TPSA) is 52.9 Å². The van der Waals surface area contributed by atoms with Gasteiger partial charge in [-0.05, 0) is 18.2 Å². The number of rotatable bonds is 1. The predicted octanol–water partition coefficient (Wildman–Crippen LogP) is 2.54. The summed E-state index contributed by atoms with van der Waals surface area (Å²) in [5.74, 6) is -0.497.